The van der Waals surface area contributed by atoms with Crippen LogP contribution >= 0.6 is 0 Å². The molecule has 0 radical (unpaired) electrons. The van der Waals surface area contributed by atoms with Crippen LogP contribution in [0, 0.1) is 0 Å². The van der Waals surface area contributed by atoms with Crippen molar-refractivity contribution >= 4 is 32.6 Å². The van der Waals surface area contributed by atoms with Crippen molar-refractivity contribution in [2.75, 3.05) is 0 Å². The Morgan fingerprint density at radius 3 is 1.45 bits per heavy atom. The zero-order valence-corrected chi connectivity index (χ0v) is 28.8. The largest absolute Gasteiger partial charge is 0.309 e. The van der Waals surface area contributed by atoms with Crippen molar-refractivity contribution in [3.8, 4) is 62.1 Å². The lowest BCUT2D eigenvalue weighted by atomic mass is 9.99. The van der Waals surface area contributed by atoms with E-state index in [1.165, 1.54) is 38.3 Å². The predicted octanol–water partition coefficient (Wildman–Crippen LogP) is 12.5. The molecule has 0 atom stereocenters. The molecule has 2 heterocycles. The molecule has 2 aromatic heterocycles. The average molecular weight is 677 g/mol. The van der Waals surface area contributed by atoms with Crippen molar-refractivity contribution in [1.82, 2.24) is 19.5 Å². The molecule has 0 fully saturated rings. The lowest BCUT2D eigenvalue weighted by Gasteiger charge is -2.15. The van der Waals surface area contributed by atoms with Crippen molar-refractivity contribution in [2.24, 2.45) is 0 Å². The fourth-order valence-electron chi connectivity index (χ4n) is 7.47. The number of nitrogens with zero attached hydrogens (tertiary/aromatic N) is 4. The van der Waals surface area contributed by atoms with Gasteiger partial charge in [-0.25, -0.2) is 15.0 Å². The van der Waals surface area contributed by atoms with Gasteiger partial charge in [-0.2, -0.15) is 0 Å². The van der Waals surface area contributed by atoms with E-state index in [4.69, 9.17) is 15.0 Å². The summed E-state index contributed by atoms with van der Waals surface area (Å²) < 4.78 is 2.38. The van der Waals surface area contributed by atoms with Gasteiger partial charge in [0.2, 0.25) is 0 Å². The summed E-state index contributed by atoms with van der Waals surface area (Å²) >= 11 is 0. The second-order valence-electron chi connectivity index (χ2n) is 13.3. The van der Waals surface area contributed by atoms with Crippen LogP contribution in [0.2, 0.25) is 0 Å². The SMILES string of the molecule is c1ccc(-c2ccc3cc(-c4nc(-c5ccccc5)nc(-c5cccc(-c6ccccc6-n6c7ccccc7c7ccccc76)c5)n4)ccc3c2)cc1. The zero-order valence-electron chi connectivity index (χ0n) is 28.8. The molecule has 0 bridgehead atoms. The van der Waals surface area contributed by atoms with E-state index in [2.05, 4.69) is 162 Å². The monoisotopic (exact) mass is 676 g/mol. The second kappa shape index (κ2) is 12.9. The first-order valence-electron chi connectivity index (χ1n) is 17.9. The van der Waals surface area contributed by atoms with E-state index in [9.17, 15) is 0 Å². The zero-order chi connectivity index (χ0) is 35.1. The normalized spacial score (nSPS) is 11.4. The van der Waals surface area contributed by atoms with Gasteiger partial charge in [-0.3, -0.25) is 0 Å². The number of rotatable bonds is 6. The number of hydrogen-bond donors (Lipinski definition) is 0. The van der Waals surface area contributed by atoms with Gasteiger partial charge >= 0.3 is 0 Å². The molecule has 0 aliphatic carbocycles. The number of para-hydroxylation sites is 3. The molecule has 0 unspecified atom stereocenters. The maximum Gasteiger partial charge on any atom is 0.164 e. The molecule has 0 aliphatic rings. The van der Waals surface area contributed by atoms with Crippen molar-refractivity contribution in [2.45, 2.75) is 0 Å². The highest BCUT2D eigenvalue weighted by Crippen LogP contribution is 2.37. The van der Waals surface area contributed by atoms with Gasteiger partial charge in [0, 0.05) is 33.0 Å². The summed E-state index contributed by atoms with van der Waals surface area (Å²) in [5.74, 6) is 1.91. The van der Waals surface area contributed by atoms with E-state index >= 15 is 0 Å². The Morgan fingerprint density at radius 1 is 0.302 bits per heavy atom. The average Bonchev–Trinajstić information content (AvgIpc) is 3.58. The van der Waals surface area contributed by atoms with E-state index in [-0.39, 0.29) is 0 Å². The van der Waals surface area contributed by atoms with E-state index < -0.39 is 0 Å². The molecule has 0 saturated heterocycles. The van der Waals surface area contributed by atoms with Crippen molar-refractivity contribution in [3.05, 3.63) is 194 Å². The molecule has 0 saturated carbocycles. The molecular formula is C49H32N4. The molecule has 4 nitrogen and oxygen atoms in total. The first-order chi connectivity index (χ1) is 26.3. The quantitative estimate of drug-likeness (QED) is 0.176. The second-order valence-corrected chi connectivity index (χ2v) is 13.3. The first kappa shape index (κ1) is 30.6. The van der Waals surface area contributed by atoms with Gasteiger partial charge in [-0.15, -0.1) is 0 Å². The maximum absolute atomic E-state index is 5.13. The Hall–Kier alpha value is -7.17. The summed E-state index contributed by atoms with van der Waals surface area (Å²) in [6.07, 6.45) is 0. The van der Waals surface area contributed by atoms with Gasteiger partial charge in [0.25, 0.3) is 0 Å². The van der Waals surface area contributed by atoms with Crippen LogP contribution < -0.4 is 0 Å². The predicted molar refractivity (Wildman–Crippen MR) is 219 cm³/mol. The van der Waals surface area contributed by atoms with Crippen molar-refractivity contribution in [1.29, 1.82) is 0 Å². The van der Waals surface area contributed by atoms with E-state index in [1.54, 1.807) is 0 Å². The molecular weight excluding hydrogens is 645 g/mol. The summed E-state index contributed by atoms with van der Waals surface area (Å²) in [6, 6.07) is 68.1. The van der Waals surface area contributed by atoms with Crippen LogP contribution in [0.5, 0.6) is 0 Å². The number of hydrogen-bond acceptors (Lipinski definition) is 3. The van der Waals surface area contributed by atoms with E-state index in [0.29, 0.717) is 17.5 Å². The van der Waals surface area contributed by atoms with Gasteiger partial charge in [0.1, 0.15) is 0 Å². The third kappa shape index (κ3) is 5.54. The Balaban J connectivity index is 1.10. The molecule has 10 aromatic rings. The number of aromatic nitrogens is 4. The van der Waals surface area contributed by atoms with Crippen molar-refractivity contribution < 1.29 is 0 Å². The summed E-state index contributed by atoms with van der Waals surface area (Å²) in [5.41, 5.74) is 10.9. The van der Waals surface area contributed by atoms with Crippen LogP contribution in [-0.2, 0) is 0 Å². The molecule has 4 heteroatoms. The van der Waals surface area contributed by atoms with E-state index in [1.807, 2.05) is 36.4 Å². The fourth-order valence-corrected chi connectivity index (χ4v) is 7.47. The van der Waals surface area contributed by atoms with Crippen LogP contribution in [0.25, 0.3) is 94.7 Å². The molecule has 0 spiro atoms. The Morgan fingerprint density at radius 2 is 0.774 bits per heavy atom. The number of fused-ring (bicyclic) bond motifs is 4. The molecule has 0 N–H and O–H groups in total. The maximum atomic E-state index is 5.13. The molecule has 248 valence electrons. The first-order valence-corrected chi connectivity index (χ1v) is 17.9. The minimum Gasteiger partial charge on any atom is -0.309 e. The third-order valence-electron chi connectivity index (χ3n) is 10.0. The van der Waals surface area contributed by atoms with Crippen LogP contribution in [0.1, 0.15) is 0 Å². The highest BCUT2D eigenvalue weighted by Gasteiger charge is 2.17. The number of benzene rings is 8. The van der Waals surface area contributed by atoms with Gasteiger partial charge in [-0.05, 0) is 63.9 Å². The Kier molecular flexibility index (Phi) is 7.43. The molecule has 53 heavy (non-hydrogen) atoms. The highest BCUT2D eigenvalue weighted by molar-refractivity contribution is 6.09. The van der Waals surface area contributed by atoms with Crippen molar-refractivity contribution in [3.63, 3.8) is 0 Å². The minimum absolute atomic E-state index is 0.629. The van der Waals surface area contributed by atoms with Crippen LogP contribution in [-0.4, -0.2) is 19.5 Å². The van der Waals surface area contributed by atoms with Crippen LogP contribution in [0.15, 0.2) is 194 Å². The topological polar surface area (TPSA) is 43.6 Å². The molecule has 8 aromatic carbocycles. The van der Waals surface area contributed by atoms with Crippen LogP contribution in [0.4, 0.5) is 0 Å². The lowest BCUT2D eigenvalue weighted by Crippen LogP contribution is -2.00. The molecule has 0 amide bonds. The standard InChI is InChI=1S/C49H32N4/c1-3-14-33(15-4-1)35-26-27-37-31-40(29-28-36(37)30-35)49-51-47(34-16-5-2-6-17-34)50-48(52-49)39-19-13-18-38(32-39)41-20-7-10-23-44(41)53-45-24-11-8-21-42(45)43-22-9-12-25-46(43)53/h1-32H. The van der Waals surface area contributed by atoms with Gasteiger partial charge in [-0.1, -0.05) is 158 Å². The summed E-state index contributed by atoms with van der Waals surface area (Å²) in [5, 5.41) is 4.78. The van der Waals surface area contributed by atoms with Gasteiger partial charge < -0.3 is 4.57 Å². The third-order valence-corrected chi connectivity index (χ3v) is 10.0. The molecule has 0 aliphatic heterocycles. The summed E-state index contributed by atoms with van der Waals surface area (Å²) in [7, 11) is 0. The van der Waals surface area contributed by atoms with Gasteiger partial charge in [0.05, 0.1) is 16.7 Å². The summed E-state index contributed by atoms with van der Waals surface area (Å²) in [6.45, 7) is 0. The minimum atomic E-state index is 0.629. The highest BCUT2D eigenvalue weighted by atomic mass is 15.0. The van der Waals surface area contributed by atoms with E-state index in [0.717, 1.165) is 38.9 Å². The van der Waals surface area contributed by atoms with Crippen LogP contribution in [0.3, 0.4) is 0 Å². The fraction of sp³-hybridized carbons (Fsp3) is 0. The molecule has 10 rings (SSSR count). The Labute approximate surface area is 307 Å². The Bertz CT molecular complexity index is 2890. The smallest absolute Gasteiger partial charge is 0.164 e. The summed E-state index contributed by atoms with van der Waals surface area (Å²) in [4.78, 5) is 15.2. The van der Waals surface area contributed by atoms with Gasteiger partial charge in [0.15, 0.2) is 17.5 Å². The lowest BCUT2D eigenvalue weighted by molar-refractivity contribution is 1.07.